The molecule has 1 heterocycles. The van der Waals surface area contributed by atoms with Crippen molar-refractivity contribution in [2.24, 2.45) is 5.92 Å². The van der Waals surface area contributed by atoms with Gasteiger partial charge in [0.1, 0.15) is 23.5 Å². The zero-order valence-electron chi connectivity index (χ0n) is 17.9. The Hall–Kier alpha value is -2.48. The first-order valence-electron chi connectivity index (χ1n) is 11.3. The molecule has 4 nitrogen and oxygen atoms in total. The highest BCUT2D eigenvalue weighted by Gasteiger charge is 2.24. The van der Waals surface area contributed by atoms with Gasteiger partial charge in [0.2, 0.25) is 0 Å². The van der Waals surface area contributed by atoms with Crippen LogP contribution in [0.2, 0.25) is 0 Å². The van der Waals surface area contributed by atoms with Gasteiger partial charge in [-0.25, -0.2) is 14.4 Å². The second-order valence-electron chi connectivity index (χ2n) is 8.40. The first kappa shape index (κ1) is 22.2. The standard InChI is InChI=1S/C25H32FN3O/c1-2-3-4-5-6-7-20-16-28-25(29-17-20)21-10-8-19(9-11-21)18-30-23-13-12-22(15-27)24(26)14-23/h12-14,16-17,19,21H,2-11,18H2,1H3/t19-,21-. The van der Waals surface area contributed by atoms with Crippen molar-refractivity contribution in [1.82, 2.24) is 9.97 Å². The summed E-state index contributed by atoms with van der Waals surface area (Å²) < 4.78 is 19.4. The molecule has 0 aliphatic heterocycles. The predicted octanol–water partition coefficient (Wildman–Crippen LogP) is 6.35. The van der Waals surface area contributed by atoms with Gasteiger partial charge in [-0.15, -0.1) is 0 Å². The molecule has 1 fully saturated rings. The monoisotopic (exact) mass is 409 g/mol. The summed E-state index contributed by atoms with van der Waals surface area (Å²) in [7, 11) is 0. The van der Waals surface area contributed by atoms with Gasteiger partial charge in [-0.3, -0.25) is 0 Å². The maximum atomic E-state index is 13.7. The molecular weight excluding hydrogens is 377 g/mol. The van der Waals surface area contributed by atoms with Crippen molar-refractivity contribution in [3.05, 3.63) is 53.4 Å². The Morgan fingerprint density at radius 1 is 1.07 bits per heavy atom. The van der Waals surface area contributed by atoms with Crippen LogP contribution in [-0.2, 0) is 6.42 Å². The summed E-state index contributed by atoms with van der Waals surface area (Å²) in [6.07, 6.45) is 15.8. The second-order valence-corrected chi connectivity index (χ2v) is 8.40. The van der Waals surface area contributed by atoms with E-state index >= 15 is 0 Å². The fourth-order valence-corrected chi connectivity index (χ4v) is 4.12. The van der Waals surface area contributed by atoms with Crippen molar-refractivity contribution in [3.8, 4) is 11.8 Å². The fourth-order valence-electron chi connectivity index (χ4n) is 4.12. The number of unbranched alkanes of at least 4 members (excludes halogenated alkanes) is 4. The van der Waals surface area contributed by atoms with E-state index in [1.807, 2.05) is 18.5 Å². The molecule has 0 unspecified atom stereocenters. The van der Waals surface area contributed by atoms with Crippen LogP contribution in [0.5, 0.6) is 5.75 Å². The first-order valence-corrected chi connectivity index (χ1v) is 11.3. The molecule has 0 radical (unpaired) electrons. The van der Waals surface area contributed by atoms with E-state index in [1.54, 1.807) is 6.07 Å². The average Bonchev–Trinajstić information content (AvgIpc) is 2.78. The van der Waals surface area contributed by atoms with Crippen LogP contribution in [0.15, 0.2) is 30.6 Å². The largest absolute Gasteiger partial charge is 0.493 e. The van der Waals surface area contributed by atoms with E-state index in [-0.39, 0.29) is 5.56 Å². The number of hydrogen-bond donors (Lipinski definition) is 0. The summed E-state index contributed by atoms with van der Waals surface area (Å²) in [5.74, 6) is 1.82. The lowest BCUT2D eigenvalue weighted by molar-refractivity contribution is 0.197. The molecule has 0 amide bonds. The molecule has 5 heteroatoms. The SMILES string of the molecule is CCCCCCCc1cnc([C@H]2CC[C@H](COc3ccc(C#N)c(F)c3)CC2)nc1. The zero-order valence-corrected chi connectivity index (χ0v) is 17.9. The van der Waals surface area contributed by atoms with Crippen molar-refractivity contribution in [3.63, 3.8) is 0 Å². The Morgan fingerprint density at radius 2 is 1.80 bits per heavy atom. The fraction of sp³-hybridized carbons (Fsp3) is 0.560. The molecule has 0 saturated heterocycles. The molecule has 3 rings (SSSR count). The van der Waals surface area contributed by atoms with E-state index in [0.29, 0.717) is 24.2 Å². The lowest BCUT2D eigenvalue weighted by Gasteiger charge is -2.27. The molecule has 30 heavy (non-hydrogen) atoms. The van der Waals surface area contributed by atoms with Crippen LogP contribution in [-0.4, -0.2) is 16.6 Å². The van der Waals surface area contributed by atoms with Crippen molar-refractivity contribution in [2.45, 2.75) is 77.0 Å². The number of nitriles is 1. The summed E-state index contributed by atoms with van der Waals surface area (Å²) in [5.41, 5.74) is 1.29. The van der Waals surface area contributed by atoms with Crippen LogP contribution in [0.4, 0.5) is 4.39 Å². The molecule has 2 aromatic rings. The number of halogens is 1. The van der Waals surface area contributed by atoms with Crippen molar-refractivity contribution in [1.29, 1.82) is 5.26 Å². The minimum absolute atomic E-state index is 0.0466. The zero-order chi connectivity index (χ0) is 21.2. The number of benzene rings is 1. The first-order chi connectivity index (χ1) is 14.7. The lowest BCUT2D eigenvalue weighted by atomic mass is 9.82. The van der Waals surface area contributed by atoms with Crippen molar-refractivity contribution < 1.29 is 9.13 Å². The van der Waals surface area contributed by atoms with E-state index < -0.39 is 5.82 Å². The van der Waals surface area contributed by atoms with Crippen LogP contribution in [0, 0.1) is 23.1 Å². The molecule has 1 aromatic carbocycles. The Balaban J connectivity index is 1.39. The minimum atomic E-state index is -0.528. The average molecular weight is 410 g/mol. The predicted molar refractivity (Wildman–Crippen MR) is 116 cm³/mol. The van der Waals surface area contributed by atoms with Gasteiger partial charge in [-0.05, 0) is 62.1 Å². The number of hydrogen-bond acceptors (Lipinski definition) is 4. The molecule has 1 saturated carbocycles. The van der Waals surface area contributed by atoms with Gasteiger partial charge in [0.25, 0.3) is 0 Å². The molecule has 0 bridgehead atoms. The van der Waals surface area contributed by atoms with Crippen LogP contribution in [0.25, 0.3) is 0 Å². The molecular formula is C25H32FN3O. The van der Waals surface area contributed by atoms with Gasteiger partial charge in [0, 0.05) is 24.4 Å². The minimum Gasteiger partial charge on any atom is -0.493 e. The summed E-state index contributed by atoms with van der Waals surface area (Å²) in [6.45, 7) is 2.82. The second kappa shape index (κ2) is 11.6. The summed E-state index contributed by atoms with van der Waals surface area (Å²) in [5, 5.41) is 8.80. The number of rotatable bonds is 10. The smallest absolute Gasteiger partial charge is 0.144 e. The molecule has 1 aliphatic rings. The van der Waals surface area contributed by atoms with Gasteiger partial charge < -0.3 is 4.74 Å². The van der Waals surface area contributed by atoms with Gasteiger partial charge in [-0.2, -0.15) is 5.26 Å². The summed E-state index contributed by atoms with van der Waals surface area (Å²) >= 11 is 0. The third-order valence-electron chi connectivity index (χ3n) is 6.05. The van der Waals surface area contributed by atoms with E-state index in [9.17, 15) is 4.39 Å². The molecule has 0 spiro atoms. The van der Waals surface area contributed by atoms with Crippen LogP contribution < -0.4 is 4.74 Å². The normalized spacial score (nSPS) is 18.7. The van der Waals surface area contributed by atoms with Gasteiger partial charge >= 0.3 is 0 Å². The Morgan fingerprint density at radius 3 is 2.47 bits per heavy atom. The van der Waals surface area contributed by atoms with Gasteiger partial charge in [0.15, 0.2) is 0 Å². The summed E-state index contributed by atoms with van der Waals surface area (Å²) in [6, 6.07) is 6.25. The quantitative estimate of drug-likeness (QED) is 0.429. The Kier molecular flexibility index (Phi) is 8.62. The number of ether oxygens (including phenoxy) is 1. The van der Waals surface area contributed by atoms with E-state index in [4.69, 9.17) is 10.00 Å². The van der Waals surface area contributed by atoms with Crippen LogP contribution in [0.3, 0.4) is 0 Å². The topological polar surface area (TPSA) is 58.8 Å². The Labute approximate surface area is 179 Å². The van der Waals surface area contributed by atoms with Crippen LogP contribution >= 0.6 is 0 Å². The maximum Gasteiger partial charge on any atom is 0.144 e. The van der Waals surface area contributed by atoms with E-state index in [2.05, 4.69) is 16.9 Å². The molecule has 1 aromatic heterocycles. The van der Waals surface area contributed by atoms with Crippen LogP contribution in [0.1, 0.15) is 87.6 Å². The van der Waals surface area contributed by atoms with E-state index in [1.165, 1.54) is 49.8 Å². The molecule has 160 valence electrons. The number of aromatic nitrogens is 2. The highest BCUT2D eigenvalue weighted by atomic mass is 19.1. The Bertz CT molecular complexity index is 823. The molecule has 0 atom stereocenters. The summed E-state index contributed by atoms with van der Waals surface area (Å²) in [4.78, 5) is 9.30. The van der Waals surface area contributed by atoms with Gasteiger partial charge in [0.05, 0.1) is 12.2 Å². The van der Waals surface area contributed by atoms with E-state index in [0.717, 1.165) is 37.9 Å². The lowest BCUT2D eigenvalue weighted by Crippen LogP contribution is -2.20. The number of aryl methyl sites for hydroxylation is 1. The molecule has 1 aliphatic carbocycles. The van der Waals surface area contributed by atoms with Crippen molar-refractivity contribution in [2.75, 3.05) is 6.61 Å². The third kappa shape index (κ3) is 6.52. The molecule has 0 N–H and O–H groups in total. The highest BCUT2D eigenvalue weighted by molar-refractivity contribution is 5.36. The third-order valence-corrected chi connectivity index (χ3v) is 6.05. The van der Waals surface area contributed by atoms with Gasteiger partial charge in [-0.1, -0.05) is 32.6 Å². The number of nitrogens with zero attached hydrogens (tertiary/aromatic N) is 3. The maximum absolute atomic E-state index is 13.7. The highest BCUT2D eigenvalue weighted by Crippen LogP contribution is 2.34. The van der Waals surface area contributed by atoms with Crippen molar-refractivity contribution >= 4 is 0 Å².